The van der Waals surface area contributed by atoms with Crippen molar-refractivity contribution in [3.8, 4) is 12.1 Å². The van der Waals surface area contributed by atoms with Gasteiger partial charge in [-0.05, 0) is 5.75 Å². The van der Waals surface area contributed by atoms with Crippen molar-refractivity contribution in [2.75, 3.05) is 5.75 Å². The predicted molar refractivity (Wildman–Crippen MR) is 67.3 cm³/mol. The largest absolute Gasteiger partial charge is 0.192 e. The van der Waals surface area contributed by atoms with Crippen molar-refractivity contribution in [2.24, 2.45) is 0 Å². The minimum Gasteiger partial charge on any atom is -0.192 e. The first-order valence-electron chi connectivity index (χ1n) is 4.21. The van der Waals surface area contributed by atoms with Crippen LogP contribution in [0.4, 0.5) is 0 Å². The fourth-order valence-corrected chi connectivity index (χ4v) is 2.89. The zero-order valence-corrected chi connectivity index (χ0v) is 11.2. The molecule has 0 aliphatic rings. The SMILES string of the molecule is CCSc1c(Cl)c(C#N)c(Cl)c(Cl)c1C#N. The summed E-state index contributed by atoms with van der Waals surface area (Å²) in [5.41, 5.74) is 0.339. The fourth-order valence-electron chi connectivity index (χ4n) is 1.12. The zero-order valence-electron chi connectivity index (χ0n) is 8.14. The second-order valence-electron chi connectivity index (χ2n) is 2.68. The number of nitrogens with zero attached hydrogens (tertiary/aromatic N) is 2. The summed E-state index contributed by atoms with van der Waals surface area (Å²) in [5.74, 6) is 0.719. The standard InChI is InChI=1S/C10H5Cl3N2S/c1-2-16-10-6(4-15)8(12)7(11)5(3-14)9(10)13/h2H2,1H3. The van der Waals surface area contributed by atoms with Crippen LogP contribution in [-0.2, 0) is 0 Å². The van der Waals surface area contributed by atoms with Crippen molar-refractivity contribution in [3.63, 3.8) is 0 Å². The molecule has 0 spiro atoms. The van der Waals surface area contributed by atoms with Gasteiger partial charge in [0.2, 0.25) is 0 Å². The smallest absolute Gasteiger partial charge is 0.102 e. The van der Waals surface area contributed by atoms with Gasteiger partial charge in [-0.1, -0.05) is 41.7 Å². The lowest BCUT2D eigenvalue weighted by atomic mass is 10.1. The van der Waals surface area contributed by atoms with Crippen LogP contribution in [0.1, 0.15) is 18.1 Å². The molecule has 0 radical (unpaired) electrons. The van der Waals surface area contributed by atoms with E-state index in [1.165, 1.54) is 11.8 Å². The Bertz CT molecular complexity index is 515. The van der Waals surface area contributed by atoms with Crippen LogP contribution in [0.5, 0.6) is 0 Å². The lowest BCUT2D eigenvalue weighted by molar-refractivity contribution is 1.33. The van der Waals surface area contributed by atoms with Crippen LogP contribution in [0.25, 0.3) is 0 Å². The van der Waals surface area contributed by atoms with Gasteiger partial charge < -0.3 is 0 Å². The third-order valence-corrected chi connectivity index (χ3v) is 4.12. The number of benzene rings is 1. The van der Waals surface area contributed by atoms with Crippen molar-refractivity contribution in [1.82, 2.24) is 0 Å². The van der Waals surface area contributed by atoms with Crippen molar-refractivity contribution >= 4 is 46.6 Å². The van der Waals surface area contributed by atoms with E-state index in [2.05, 4.69) is 0 Å². The molecule has 0 amide bonds. The summed E-state index contributed by atoms with van der Waals surface area (Å²) in [6.07, 6.45) is 0. The summed E-state index contributed by atoms with van der Waals surface area (Å²) in [6.45, 7) is 1.91. The molecular weight excluding hydrogens is 287 g/mol. The van der Waals surface area contributed by atoms with E-state index in [1.807, 2.05) is 19.1 Å². The van der Waals surface area contributed by atoms with E-state index in [1.54, 1.807) is 0 Å². The number of hydrogen-bond acceptors (Lipinski definition) is 3. The molecule has 0 aliphatic carbocycles. The molecule has 0 heterocycles. The van der Waals surface area contributed by atoms with Gasteiger partial charge in [0.1, 0.15) is 12.1 Å². The van der Waals surface area contributed by atoms with Crippen molar-refractivity contribution in [1.29, 1.82) is 10.5 Å². The molecule has 0 aromatic heterocycles. The molecule has 1 rings (SSSR count). The normalized spacial score (nSPS) is 9.62. The summed E-state index contributed by atoms with van der Waals surface area (Å²) in [4.78, 5) is 0.512. The van der Waals surface area contributed by atoms with Gasteiger partial charge in [-0.15, -0.1) is 11.8 Å². The summed E-state index contributed by atoms with van der Waals surface area (Å²) < 4.78 is 0. The third kappa shape index (κ3) is 2.24. The van der Waals surface area contributed by atoms with E-state index in [0.29, 0.717) is 4.90 Å². The van der Waals surface area contributed by atoms with Crippen LogP contribution >= 0.6 is 46.6 Å². The van der Waals surface area contributed by atoms with E-state index in [4.69, 9.17) is 45.3 Å². The van der Waals surface area contributed by atoms with Crippen LogP contribution in [0.2, 0.25) is 15.1 Å². The maximum Gasteiger partial charge on any atom is 0.102 e. The molecule has 6 heteroatoms. The average molecular weight is 292 g/mol. The lowest BCUT2D eigenvalue weighted by Crippen LogP contribution is -1.92. The third-order valence-electron chi connectivity index (χ3n) is 1.79. The van der Waals surface area contributed by atoms with Crippen LogP contribution in [0, 0.1) is 22.7 Å². The second kappa shape index (κ2) is 5.66. The minimum absolute atomic E-state index is 0.0335. The molecule has 1 aromatic carbocycles. The van der Waals surface area contributed by atoms with E-state index >= 15 is 0 Å². The second-order valence-corrected chi connectivity index (χ2v) is 5.09. The average Bonchev–Trinajstić information content (AvgIpc) is 2.27. The first-order chi connectivity index (χ1) is 7.58. The predicted octanol–water partition coefficient (Wildman–Crippen LogP) is 4.50. The summed E-state index contributed by atoms with van der Waals surface area (Å²) in [5, 5.41) is 18.2. The molecule has 0 saturated carbocycles. The zero-order chi connectivity index (χ0) is 12.3. The van der Waals surface area contributed by atoms with Gasteiger partial charge in [0.25, 0.3) is 0 Å². The van der Waals surface area contributed by atoms with Gasteiger partial charge >= 0.3 is 0 Å². The van der Waals surface area contributed by atoms with E-state index < -0.39 is 0 Å². The molecule has 0 atom stereocenters. The van der Waals surface area contributed by atoms with E-state index in [9.17, 15) is 0 Å². The summed E-state index contributed by atoms with van der Waals surface area (Å²) >= 11 is 19.1. The maximum absolute atomic E-state index is 8.99. The first-order valence-corrected chi connectivity index (χ1v) is 6.33. The van der Waals surface area contributed by atoms with Crippen molar-refractivity contribution < 1.29 is 0 Å². The number of halogens is 3. The summed E-state index contributed by atoms with van der Waals surface area (Å²) in [7, 11) is 0. The molecule has 2 nitrogen and oxygen atoms in total. The Labute approximate surface area is 113 Å². The first kappa shape index (κ1) is 13.5. The Morgan fingerprint density at radius 1 is 1.00 bits per heavy atom. The molecule has 0 aliphatic heterocycles. The molecule has 0 N–H and O–H groups in total. The maximum atomic E-state index is 8.99. The minimum atomic E-state index is 0.0335. The Balaban J connectivity index is 3.67. The topological polar surface area (TPSA) is 47.6 Å². The highest BCUT2D eigenvalue weighted by molar-refractivity contribution is 7.99. The van der Waals surface area contributed by atoms with Gasteiger partial charge in [-0.3, -0.25) is 0 Å². The molecule has 0 bridgehead atoms. The Kier molecular flexibility index (Phi) is 4.77. The Hall–Kier alpha value is -0.580. The van der Waals surface area contributed by atoms with E-state index in [-0.39, 0.29) is 26.2 Å². The number of rotatable bonds is 2. The lowest BCUT2D eigenvalue weighted by Gasteiger charge is -2.10. The Morgan fingerprint density at radius 2 is 1.50 bits per heavy atom. The van der Waals surface area contributed by atoms with Gasteiger partial charge in [0.15, 0.2) is 0 Å². The number of nitriles is 2. The van der Waals surface area contributed by atoms with Crippen LogP contribution in [-0.4, -0.2) is 5.75 Å². The fraction of sp³-hybridized carbons (Fsp3) is 0.200. The highest BCUT2D eigenvalue weighted by Crippen LogP contribution is 2.42. The summed E-state index contributed by atoms with van der Waals surface area (Å²) in [6, 6.07) is 3.83. The molecule has 82 valence electrons. The van der Waals surface area contributed by atoms with Crippen LogP contribution < -0.4 is 0 Å². The molecule has 0 unspecified atom stereocenters. The number of hydrogen-bond donors (Lipinski definition) is 0. The molecule has 16 heavy (non-hydrogen) atoms. The quantitative estimate of drug-likeness (QED) is 0.595. The van der Waals surface area contributed by atoms with Crippen LogP contribution in [0.3, 0.4) is 0 Å². The highest BCUT2D eigenvalue weighted by Gasteiger charge is 2.21. The monoisotopic (exact) mass is 290 g/mol. The Morgan fingerprint density at radius 3 is 1.94 bits per heavy atom. The van der Waals surface area contributed by atoms with Gasteiger partial charge in [-0.25, -0.2) is 0 Å². The molecule has 0 saturated heterocycles. The van der Waals surface area contributed by atoms with E-state index in [0.717, 1.165) is 5.75 Å². The molecular formula is C10H5Cl3N2S. The number of thioether (sulfide) groups is 1. The van der Waals surface area contributed by atoms with Crippen molar-refractivity contribution in [2.45, 2.75) is 11.8 Å². The molecule has 1 aromatic rings. The van der Waals surface area contributed by atoms with Crippen LogP contribution in [0.15, 0.2) is 4.90 Å². The van der Waals surface area contributed by atoms with Gasteiger partial charge in [0, 0.05) is 4.90 Å². The van der Waals surface area contributed by atoms with Crippen molar-refractivity contribution in [3.05, 3.63) is 26.2 Å². The van der Waals surface area contributed by atoms with Gasteiger partial charge in [0.05, 0.1) is 26.2 Å². The van der Waals surface area contributed by atoms with Gasteiger partial charge in [-0.2, -0.15) is 10.5 Å². The highest BCUT2D eigenvalue weighted by atomic mass is 35.5. The molecule has 0 fully saturated rings.